The van der Waals surface area contributed by atoms with Gasteiger partial charge in [0.2, 0.25) is 0 Å². The fourth-order valence-electron chi connectivity index (χ4n) is 1.95. The van der Waals surface area contributed by atoms with Gasteiger partial charge in [0.15, 0.2) is 11.5 Å². The maximum absolute atomic E-state index is 12.6. The maximum atomic E-state index is 12.6. The number of ether oxygens (including phenoxy) is 2. The van der Waals surface area contributed by atoms with Crippen molar-refractivity contribution >= 4 is 19.5 Å². The minimum absolute atomic E-state index is 0.289. The van der Waals surface area contributed by atoms with Crippen LogP contribution in [0.5, 0.6) is 11.5 Å². The summed E-state index contributed by atoms with van der Waals surface area (Å²) >= 11 is 0. The van der Waals surface area contributed by atoms with Crippen LogP contribution in [-0.4, -0.2) is 55.4 Å². The molecule has 1 unspecified atom stereocenters. The van der Waals surface area contributed by atoms with Crippen LogP contribution in [0.4, 0.5) is 0 Å². The molecule has 1 atom stereocenters. The first-order chi connectivity index (χ1) is 12.6. The Hall–Kier alpha value is -2.13. The first kappa shape index (κ1) is 24.9. The highest BCUT2D eigenvalue weighted by atomic mass is 31.2. The van der Waals surface area contributed by atoms with Gasteiger partial charge >= 0.3 is 19.5 Å². The van der Waals surface area contributed by atoms with Crippen LogP contribution < -0.4 is 15.2 Å². The van der Waals surface area contributed by atoms with Crippen LogP contribution in [0.2, 0.25) is 0 Å². The number of nitrogens with two attached hydrogens (primary N) is 1. The van der Waals surface area contributed by atoms with E-state index in [0.717, 1.165) is 5.56 Å². The standard InChI is InChI=1S/C14H24NO5P.C2H2O4/c1-5-19-21(16,20-6-2)14(15)10-11-7-8-12(17-3)13(9-11)18-4;3-1(4)2(5)6/h7-9,14H,5-6,10,15H2,1-4H3;(H,3,4)(H,5,6). The minimum atomic E-state index is -3.31. The molecule has 0 bridgehead atoms. The van der Waals surface area contributed by atoms with Gasteiger partial charge in [0.1, 0.15) is 5.78 Å². The molecule has 0 radical (unpaired) electrons. The van der Waals surface area contributed by atoms with Gasteiger partial charge in [0.25, 0.3) is 0 Å². The zero-order valence-electron chi connectivity index (χ0n) is 15.7. The van der Waals surface area contributed by atoms with Crippen molar-refractivity contribution in [3.8, 4) is 11.5 Å². The van der Waals surface area contributed by atoms with Crippen molar-refractivity contribution in [3.05, 3.63) is 23.8 Å². The first-order valence-corrected chi connectivity index (χ1v) is 9.57. The van der Waals surface area contributed by atoms with Gasteiger partial charge in [-0.25, -0.2) is 9.59 Å². The van der Waals surface area contributed by atoms with Gasteiger partial charge in [-0.3, -0.25) is 4.57 Å². The van der Waals surface area contributed by atoms with E-state index in [-0.39, 0.29) is 13.2 Å². The van der Waals surface area contributed by atoms with E-state index in [1.165, 1.54) is 0 Å². The summed E-state index contributed by atoms with van der Waals surface area (Å²) in [6.45, 7) is 4.09. The third-order valence-corrected chi connectivity index (χ3v) is 5.33. The molecule has 0 heterocycles. The molecule has 0 aliphatic heterocycles. The first-order valence-electron chi connectivity index (χ1n) is 7.96. The normalized spacial score (nSPS) is 11.7. The molecule has 11 heteroatoms. The highest BCUT2D eigenvalue weighted by Gasteiger charge is 2.32. The second-order valence-corrected chi connectivity index (χ2v) is 7.21. The topological polar surface area (TPSA) is 155 Å². The fourth-order valence-corrected chi connectivity index (χ4v) is 3.56. The van der Waals surface area contributed by atoms with Gasteiger partial charge in [0.05, 0.1) is 27.4 Å². The van der Waals surface area contributed by atoms with Gasteiger partial charge in [-0.05, 0) is 38.0 Å². The van der Waals surface area contributed by atoms with Crippen LogP contribution >= 0.6 is 7.60 Å². The van der Waals surface area contributed by atoms with Crippen LogP contribution in [0.15, 0.2) is 18.2 Å². The summed E-state index contributed by atoms with van der Waals surface area (Å²) in [6.07, 6.45) is 0.359. The number of methoxy groups -OCH3 is 2. The molecule has 0 spiro atoms. The molecule has 0 amide bonds. The molecule has 1 aromatic carbocycles. The zero-order valence-corrected chi connectivity index (χ0v) is 16.6. The van der Waals surface area contributed by atoms with Crippen LogP contribution in [0.1, 0.15) is 19.4 Å². The van der Waals surface area contributed by atoms with Crippen molar-refractivity contribution in [2.24, 2.45) is 5.73 Å². The Labute approximate surface area is 157 Å². The molecule has 0 aliphatic carbocycles. The Morgan fingerprint density at radius 3 is 1.89 bits per heavy atom. The molecule has 0 saturated heterocycles. The number of aliphatic carboxylic acids is 2. The lowest BCUT2D eigenvalue weighted by molar-refractivity contribution is -0.159. The lowest BCUT2D eigenvalue weighted by Crippen LogP contribution is -2.25. The number of hydrogen-bond donors (Lipinski definition) is 3. The number of benzene rings is 1. The van der Waals surface area contributed by atoms with Crippen LogP contribution in [0.25, 0.3) is 0 Å². The largest absolute Gasteiger partial charge is 0.493 e. The number of carboxylic acids is 2. The minimum Gasteiger partial charge on any atom is -0.493 e. The highest BCUT2D eigenvalue weighted by Crippen LogP contribution is 2.52. The summed E-state index contributed by atoms with van der Waals surface area (Å²) in [6, 6.07) is 5.44. The van der Waals surface area contributed by atoms with Gasteiger partial charge in [0, 0.05) is 0 Å². The van der Waals surface area contributed by atoms with Crippen molar-refractivity contribution in [3.63, 3.8) is 0 Å². The fraction of sp³-hybridized carbons (Fsp3) is 0.500. The number of hydrogen-bond acceptors (Lipinski definition) is 8. The Balaban J connectivity index is 0.000000972. The molecule has 154 valence electrons. The van der Waals surface area contributed by atoms with E-state index in [4.69, 9.17) is 44.1 Å². The Morgan fingerprint density at radius 1 is 1.04 bits per heavy atom. The Morgan fingerprint density at radius 2 is 1.52 bits per heavy atom. The second kappa shape index (κ2) is 12.3. The van der Waals surface area contributed by atoms with E-state index in [2.05, 4.69) is 0 Å². The predicted octanol–water partition coefficient (Wildman–Crippen LogP) is 1.95. The molecule has 27 heavy (non-hydrogen) atoms. The van der Waals surface area contributed by atoms with Gasteiger partial charge in [-0.15, -0.1) is 0 Å². The summed E-state index contributed by atoms with van der Waals surface area (Å²) in [7, 11) is -0.179. The Kier molecular flexibility index (Phi) is 11.3. The molecule has 0 aliphatic rings. The lowest BCUT2D eigenvalue weighted by atomic mass is 10.1. The van der Waals surface area contributed by atoms with Crippen molar-refractivity contribution in [1.82, 2.24) is 0 Å². The third-order valence-electron chi connectivity index (χ3n) is 3.10. The predicted molar refractivity (Wildman–Crippen MR) is 97.4 cm³/mol. The summed E-state index contributed by atoms with van der Waals surface area (Å²) in [5, 5.41) is 14.8. The molecule has 4 N–H and O–H groups in total. The average molecular weight is 407 g/mol. The molecule has 1 rings (SSSR count). The number of carbonyl (C=O) groups is 2. The van der Waals surface area contributed by atoms with E-state index in [1.54, 1.807) is 40.2 Å². The molecule has 0 fully saturated rings. The quantitative estimate of drug-likeness (QED) is 0.408. The van der Waals surface area contributed by atoms with Gasteiger partial charge < -0.3 is 34.5 Å². The SMILES string of the molecule is CCOP(=O)(OCC)C(N)Cc1ccc(OC)c(OC)c1.O=C(O)C(=O)O. The summed E-state index contributed by atoms with van der Waals surface area (Å²) < 4.78 is 33.5. The Bertz CT molecular complexity index is 643. The van der Waals surface area contributed by atoms with Gasteiger partial charge in [-0.1, -0.05) is 6.07 Å². The van der Waals surface area contributed by atoms with Crippen LogP contribution in [-0.2, 0) is 29.6 Å². The van der Waals surface area contributed by atoms with Crippen molar-refractivity contribution in [1.29, 1.82) is 0 Å². The average Bonchev–Trinajstić information content (AvgIpc) is 2.62. The van der Waals surface area contributed by atoms with Crippen LogP contribution in [0.3, 0.4) is 0 Å². The smallest absolute Gasteiger partial charge is 0.414 e. The summed E-state index contributed by atoms with van der Waals surface area (Å²) in [4.78, 5) is 18.2. The van der Waals surface area contributed by atoms with E-state index in [0.29, 0.717) is 17.9 Å². The number of rotatable bonds is 9. The van der Waals surface area contributed by atoms with E-state index < -0.39 is 25.3 Å². The molecular weight excluding hydrogens is 381 g/mol. The summed E-state index contributed by atoms with van der Waals surface area (Å²) in [5.74, 6) is -3.14. The van der Waals surface area contributed by atoms with E-state index in [1.807, 2.05) is 6.07 Å². The summed E-state index contributed by atoms with van der Waals surface area (Å²) in [5.41, 5.74) is 6.91. The molecule has 0 aromatic heterocycles. The molecule has 0 saturated carbocycles. The van der Waals surface area contributed by atoms with Crippen molar-refractivity contribution < 1.29 is 42.9 Å². The zero-order chi connectivity index (χ0) is 21.0. The van der Waals surface area contributed by atoms with E-state index in [9.17, 15) is 4.57 Å². The van der Waals surface area contributed by atoms with Crippen molar-refractivity contribution in [2.45, 2.75) is 26.1 Å². The molecule has 10 nitrogen and oxygen atoms in total. The monoisotopic (exact) mass is 407 g/mol. The van der Waals surface area contributed by atoms with E-state index >= 15 is 0 Å². The number of carboxylic acid groups (broad SMARTS) is 2. The van der Waals surface area contributed by atoms with Crippen molar-refractivity contribution in [2.75, 3.05) is 27.4 Å². The maximum Gasteiger partial charge on any atom is 0.414 e. The third kappa shape index (κ3) is 8.40. The second-order valence-electron chi connectivity index (χ2n) is 4.95. The highest BCUT2D eigenvalue weighted by molar-refractivity contribution is 7.54. The molecule has 1 aromatic rings. The lowest BCUT2D eigenvalue weighted by Gasteiger charge is -2.23. The van der Waals surface area contributed by atoms with Gasteiger partial charge in [-0.2, -0.15) is 0 Å². The molecular formula is C16H26NO9P. The van der Waals surface area contributed by atoms with Crippen LogP contribution in [0, 0.1) is 0 Å².